The highest BCUT2D eigenvalue weighted by Gasteiger charge is 2.31. The standard InChI is InChI=1S/C20H26N2O3S/c1-6-19(20(23)21-18-12-9-15(3)13-16(18)4)22(26(5,24)25)17-10-7-14(2)8-11-17/h7-13,19H,6H2,1-5H3,(H,21,23). The number of amides is 1. The number of rotatable bonds is 6. The van der Waals surface area contributed by atoms with Gasteiger partial charge < -0.3 is 5.32 Å². The number of aryl methyl sites for hydroxylation is 3. The summed E-state index contributed by atoms with van der Waals surface area (Å²) in [5.74, 6) is -0.342. The molecule has 2 rings (SSSR count). The molecule has 0 heterocycles. The average molecular weight is 375 g/mol. The number of hydrogen-bond acceptors (Lipinski definition) is 3. The minimum Gasteiger partial charge on any atom is -0.324 e. The monoisotopic (exact) mass is 374 g/mol. The zero-order valence-electron chi connectivity index (χ0n) is 15.9. The molecule has 0 bridgehead atoms. The molecule has 0 aliphatic heterocycles. The summed E-state index contributed by atoms with van der Waals surface area (Å²) in [4.78, 5) is 12.9. The van der Waals surface area contributed by atoms with Crippen LogP contribution in [-0.4, -0.2) is 26.6 Å². The fourth-order valence-corrected chi connectivity index (χ4v) is 4.13. The summed E-state index contributed by atoms with van der Waals surface area (Å²) in [6, 6.07) is 12.0. The Bertz CT molecular complexity index is 890. The molecule has 1 N–H and O–H groups in total. The number of nitrogens with zero attached hydrogens (tertiary/aromatic N) is 1. The first-order valence-corrected chi connectivity index (χ1v) is 10.4. The molecule has 2 aromatic rings. The lowest BCUT2D eigenvalue weighted by atomic mass is 10.1. The molecule has 26 heavy (non-hydrogen) atoms. The number of sulfonamides is 1. The molecular formula is C20H26N2O3S. The summed E-state index contributed by atoms with van der Waals surface area (Å²) in [6.07, 6.45) is 1.48. The van der Waals surface area contributed by atoms with Gasteiger partial charge in [0, 0.05) is 5.69 Å². The maximum atomic E-state index is 12.9. The SMILES string of the molecule is CCC(C(=O)Nc1ccc(C)cc1C)N(c1ccc(C)cc1)S(C)(=O)=O. The van der Waals surface area contributed by atoms with Crippen molar-refractivity contribution in [2.45, 2.75) is 40.2 Å². The van der Waals surface area contributed by atoms with Crippen molar-refractivity contribution in [2.75, 3.05) is 15.9 Å². The van der Waals surface area contributed by atoms with Gasteiger partial charge in [-0.1, -0.05) is 42.3 Å². The highest BCUT2D eigenvalue weighted by molar-refractivity contribution is 7.92. The van der Waals surface area contributed by atoms with Crippen molar-refractivity contribution in [3.63, 3.8) is 0 Å². The quantitative estimate of drug-likeness (QED) is 0.836. The Morgan fingerprint density at radius 3 is 2.12 bits per heavy atom. The van der Waals surface area contributed by atoms with Crippen molar-refractivity contribution in [2.24, 2.45) is 0 Å². The zero-order valence-corrected chi connectivity index (χ0v) is 16.7. The van der Waals surface area contributed by atoms with E-state index in [2.05, 4.69) is 5.32 Å². The topological polar surface area (TPSA) is 66.5 Å². The van der Waals surface area contributed by atoms with Crippen LogP contribution in [0.1, 0.15) is 30.0 Å². The number of nitrogens with one attached hydrogen (secondary N) is 1. The van der Waals surface area contributed by atoms with Crippen LogP contribution in [0.4, 0.5) is 11.4 Å². The third-order valence-corrected chi connectivity index (χ3v) is 5.44. The number of carbonyl (C=O) groups is 1. The van der Waals surface area contributed by atoms with Crippen LogP contribution in [0.25, 0.3) is 0 Å². The molecule has 1 atom stereocenters. The van der Waals surface area contributed by atoms with Crippen molar-refractivity contribution in [1.29, 1.82) is 0 Å². The lowest BCUT2D eigenvalue weighted by Crippen LogP contribution is -2.47. The summed E-state index contributed by atoms with van der Waals surface area (Å²) < 4.78 is 26.1. The van der Waals surface area contributed by atoms with E-state index in [-0.39, 0.29) is 5.91 Å². The maximum absolute atomic E-state index is 12.9. The van der Waals surface area contributed by atoms with Gasteiger partial charge in [-0.25, -0.2) is 8.42 Å². The van der Waals surface area contributed by atoms with Crippen molar-refractivity contribution in [3.8, 4) is 0 Å². The van der Waals surface area contributed by atoms with Crippen LogP contribution in [0.2, 0.25) is 0 Å². The molecular weight excluding hydrogens is 348 g/mol. The summed E-state index contributed by atoms with van der Waals surface area (Å²) in [6.45, 7) is 7.63. The third-order valence-electron chi connectivity index (χ3n) is 4.26. The van der Waals surface area contributed by atoms with E-state index in [1.54, 1.807) is 19.1 Å². The summed E-state index contributed by atoms with van der Waals surface area (Å²) in [7, 11) is -3.62. The van der Waals surface area contributed by atoms with Gasteiger partial charge in [-0.05, 0) is 51.0 Å². The molecule has 0 spiro atoms. The van der Waals surface area contributed by atoms with Crippen molar-refractivity contribution < 1.29 is 13.2 Å². The maximum Gasteiger partial charge on any atom is 0.248 e. The van der Waals surface area contributed by atoms with E-state index >= 15 is 0 Å². The van der Waals surface area contributed by atoms with Crippen LogP contribution >= 0.6 is 0 Å². The molecule has 6 heteroatoms. The highest BCUT2D eigenvalue weighted by Crippen LogP contribution is 2.24. The van der Waals surface area contributed by atoms with E-state index in [9.17, 15) is 13.2 Å². The van der Waals surface area contributed by atoms with Gasteiger partial charge in [0.2, 0.25) is 15.9 Å². The molecule has 1 amide bonds. The molecule has 0 aliphatic rings. The predicted molar refractivity (Wildman–Crippen MR) is 107 cm³/mol. The van der Waals surface area contributed by atoms with Crippen molar-refractivity contribution in [1.82, 2.24) is 0 Å². The second-order valence-corrected chi connectivity index (χ2v) is 8.49. The Morgan fingerprint density at radius 1 is 1.04 bits per heavy atom. The molecule has 0 saturated heterocycles. The molecule has 5 nitrogen and oxygen atoms in total. The molecule has 1 unspecified atom stereocenters. The molecule has 140 valence electrons. The molecule has 2 aromatic carbocycles. The van der Waals surface area contributed by atoms with Crippen LogP contribution in [0.5, 0.6) is 0 Å². The predicted octanol–water partition coefficient (Wildman–Crippen LogP) is 3.80. The van der Waals surface area contributed by atoms with Crippen molar-refractivity contribution >= 4 is 27.3 Å². The largest absolute Gasteiger partial charge is 0.324 e. The van der Waals surface area contributed by atoms with Gasteiger partial charge in [-0.2, -0.15) is 0 Å². The van der Waals surface area contributed by atoms with E-state index < -0.39 is 16.1 Å². The normalized spacial score (nSPS) is 12.5. The Morgan fingerprint density at radius 2 is 1.62 bits per heavy atom. The Hall–Kier alpha value is -2.34. The number of anilines is 2. The van der Waals surface area contributed by atoms with E-state index in [1.807, 2.05) is 51.1 Å². The molecule has 0 aromatic heterocycles. The second-order valence-electron chi connectivity index (χ2n) is 6.63. The van der Waals surface area contributed by atoms with Gasteiger partial charge >= 0.3 is 0 Å². The van der Waals surface area contributed by atoms with Gasteiger partial charge in [0.05, 0.1) is 11.9 Å². The lowest BCUT2D eigenvalue weighted by Gasteiger charge is -2.30. The van der Waals surface area contributed by atoms with Crippen LogP contribution in [0.3, 0.4) is 0 Å². The fraction of sp³-hybridized carbons (Fsp3) is 0.350. The second kappa shape index (κ2) is 7.91. The summed E-state index contributed by atoms with van der Waals surface area (Å²) in [5, 5.41) is 2.88. The van der Waals surface area contributed by atoms with Crippen LogP contribution in [0.15, 0.2) is 42.5 Å². The van der Waals surface area contributed by atoms with E-state index in [4.69, 9.17) is 0 Å². The number of benzene rings is 2. The summed E-state index contributed by atoms with van der Waals surface area (Å²) >= 11 is 0. The molecule has 0 radical (unpaired) electrons. The molecule has 0 fully saturated rings. The highest BCUT2D eigenvalue weighted by atomic mass is 32.2. The van der Waals surface area contributed by atoms with Gasteiger partial charge in [-0.3, -0.25) is 9.10 Å². The fourth-order valence-electron chi connectivity index (χ4n) is 2.92. The van der Waals surface area contributed by atoms with Gasteiger partial charge in [0.1, 0.15) is 6.04 Å². The number of hydrogen-bond donors (Lipinski definition) is 1. The molecule has 0 aliphatic carbocycles. The van der Waals surface area contributed by atoms with Gasteiger partial charge in [0.15, 0.2) is 0 Å². The Balaban J connectivity index is 2.38. The average Bonchev–Trinajstić information content (AvgIpc) is 2.55. The van der Waals surface area contributed by atoms with Crippen molar-refractivity contribution in [3.05, 3.63) is 59.2 Å². The van der Waals surface area contributed by atoms with E-state index in [0.717, 1.165) is 22.9 Å². The zero-order chi connectivity index (χ0) is 19.5. The first kappa shape index (κ1) is 20.0. The smallest absolute Gasteiger partial charge is 0.248 e. The summed E-state index contributed by atoms with van der Waals surface area (Å²) in [5.41, 5.74) is 4.24. The number of carbonyl (C=O) groups excluding carboxylic acids is 1. The molecule has 0 saturated carbocycles. The lowest BCUT2D eigenvalue weighted by molar-refractivity contribution is -0.117. The van der Waals surface area contributed by atoms with Crippen LogP contribution < -0.4 is 9.62 Å². The minimum atomic E-state index is -3.62. The van der Waals surface area contributed by atoms with Gasteiger partial charge in [0.25, 0.3) is 0 Å². The minimum absolute atomic E-state index is 0.342. The Kier molecular flexibility index (Phi) is 6.08. The first-order valence-electron chi connectivity index (χ1n) is 8.57. The van der Waals surface area contributed by atoms with E-state index in [0.29, 0.717) is 17.8 Å². The van der Waals surface area contributed by atoms with Crippen LogP contribution in [0, 0.1) is 20.8 Å². The Labute approximate surface area is 156 Å². The van der Waals surface area contributed by atoms with E-state index in [1.165, 1.54) is 4.31 Å². The third kappa shape index (κ3) is 4.64. The first-order chi connectivity index (χ1) is 12.1. The van der Waals surface area contributed by atoms with Crippen LogP contribution in [-0.2, 0) is 14.8 Å². The van der Waals surface area contributed by atoms with Gasteiger partial charge in [-0.15, -0.1) is 0 Å².